The first-order chi connectivity index (χ1) is 15.6. The smallest absolute Gasteiger partial charge is 0.162 e. The van der Waals surface area contributed by atoms with Crippen LogP contribution >= 0.6 is 0 Å². The molecule has 0 aromatic rings. The fourth-order valence-electron chi connectivity index (χ4n) is 10.6. The maximum absolute atomic E-state index is 10.9. The van der Waals surface area contributed by atoms with Crippen molar-refractivity contribution in [3.8, 4) is 0 Å². The third-order valence-corrected chi connectivity index (χ3v) is 12.6. The van der Waals surface area contributed by atoms with Gasteiger partial charge in [-0.15, -0.1) is 0 Å². The summed E-state index contributed by atoms with van der Waals surface area (Å²) in [5.74, 6) is 3.67. The van der Waals surface area contributed by atoms with Crippen molar-refractivity contribution in [2.75, 3.05) is 0 Å². The average Bonchev–Trinajstić information content (AvgIpc) is 3.15. The third kappa shape index (κ3) is 4.35. The van der Waals surface area contributed by atoms with Crippen molar-refractivity contribution in [3.05, 3.63) is 0 Å². The highest BCUT2D eigenvalue weighted by Crippen LogP contribution is 2.68. The van der Waals surface area contributed by atoms with Crippen LogP contribution in [0.15, 0.2) is 0 Å². The van der Waals surface area contributed by atoms with Gasteiger partial charge >= 0.3 is 0 Å². The molecule has 3 heteroatoms. The number of hydrogen-bond acceptors (Lipinski definition) is 3. The Labute approximate surface area is 203 Å². The van der Waals surface area contributed by atoms with Gasteiger partial charge in [-0.25, -0.2) is 0 Å². The molecule has 0 saturated heterocycles. The molecule has 5 fully saturated rings. The fourth-order valence-corrected chi connectivity index (χ4v) is 10.6. The Balaban J connectivity index is 1.23. The zero-order chi connectivity index (χ0) is 23.4. The van der Waals surface area contributed by atoms with E-state index in [1.807, 2.05) is 0 Å². The van der Waals surface area contributed by atoms with E-state index >= 15 is 0 Å². The highest BCUT2D eigenvalue weighted by Gasteiger charge is 2.61. The molecule has 33 heavy (non-hydrogen) atoms. The van der Waals surface area contributed by atoms with Crippen molar-refractivity contribution < 1.29 is 15.3 Å². The second-order valence-electron chi connectivity index (χ2n) is 14.1. The second kappa shape index (κ2) is 9.07. The van der Waals surface area contributed by atoms with Crippen LogP contribution in [0.2, 0.25) is 0 Å². The van der Waals surface area contributed by atoms with Crippen molar-refractivity contribution >= 4 is 0 Å². The molecule has 190 valence electrons. The number of aliphatic hydroxyl groups is 3. The quantitative estimate of drug-likeness (QED) is 0.401. The van der Waals surface area contributed by atoms with Gasteiger partial charge in [0.2, 0.25) is 0 Å². The van der Waals surface area contributed by atoms with E-state index < -0.39 is 5.79 Å². The molecule has 0 bridgehead atoms. The molecule has 0 radical (unpaired) electrons. The topological polar surface area (TPSA) is 60.7 Å². The van der Waals surface area contributed by atoms with Crippen LogP contribution in [0, 0.1) is 52.3 Å². The Morgan fingerprint density at radius 1 is 0.758 bits per heavy atom. The summed E-state index contributed by atoms with van der Waals surface area (Å²) in [7, 11) is 0. The second-order valence-corrected chi connectivity index (χ2v) is 14.1. The van der Waals surface area contributed by atoms with Crippen molar-refractivity contribution in [2.24, 2.45) is 52.3 Å². The number of aliphatic hydroxyl groups excluding tert-OH is 1. The van der Waals surface area contributed by atoms with Gasteiger partial charge in [0.05, 0.1) is 6.10 Å². The summed E-state index contributed by atoms with van der Waals surface area (Å²) >= 11 is 0. The van der Waals surface area contributed by atoms with Crippen LogP contribution in [0.1, 0.15) is 124 Å². The first kappa shape index (κ1) is 24.6. The molecule has 5 rings (SSSR count). The average molecular weight is 461 g/mol. The van der Waals surface area contributed by atoms with E-state index in [0.29, 0.717) is 35.5 Å². The van der Waals surface area contributed by atoms with Gasteiger partial charge in [0.15, 0.2) is 5.79 Å². The van der Waals surface area contributed by atoms with Crippen LogP contribution < -0.4 is 0 Å². The molecule has 5 saturated carbocycles. The molecule has 1 unspecified atom stereocenters. The summed E-state index contributed by atoms with van der Waals surface area (Å²) < 4.78 is 0. The van der Waals surface area contributed by atoms with Gasteiger partial charge in [0, 0.05) is 12.8 Å². The molecule has 3 N–H and O–H groups in total. The minimum absolute atomic E-state index is 0.0693. The zero-order valence-corrected chi connectivity index (χ0v) is 21.8. The maximum atomic E-state index is 10.9. The number of hydrogen-bond donors (Lipinski definition) is 3. The normalized spacial score (nSPS) is 47.3. The van der Waals surface area contributed by atoms with Gasteiger partial charge in [-0.2, -0.15) is 0 Å². The summed E-state index contributed by atoms with van der Waals surface area (Å²) in [6.45, 7) is 7.65. The summed E-state index contributed by atoms with van der Waals surface area (Å²) in [6, 6.07) is 0. The van der Waals surface area contributed by atoms with E-state index in [9.17, 15) is 15.3 Å². The number of rotatable bonds is 5. The van der Waals surface area contributed by atoms with Crippen molar-refractivity contribution in [3.63, 3.8) is 0 Å². The van der Waals surface area contributed by atoms with Gasteiger partial charge < -0.3 is 15.3 Å². The van der Waals surface area contributed by atoms with Gasteiger partial charge in [-0.1, -0.05) is 40.0 Å². The lowest BCUT2D eigenvalue weighted by atomic mass is 9.44. The van der Waals surface area contributed by atoms with E-state index in [0.717, 1.165) is 42.4 Å². The molecule has 3 nitrogen and oxygen atoms in total. The highest BCUT2D eigenvalue weighted by molar-refractivity contribution is 5.10. The van der Waals surface area contributed by atoms with Crippen LogP contribution in [0.3, 0.4) is 0 Å². The van der Waals surface area contributed by atoms with E-state index in [2.05, 4.69) is 20.8 Å². The lowest BCUT2D eigenvalue weighted by Crippen LogP contribution is -2.56. The van der Waals surface area contributed by atoms with E-state index in [1.54, 1.807) is 0 Å². The maximum Gasteiger partial charge on any atom is 0.162 e. The molecule has 0 amide bonds. The molecule has 5 aliphatic carbocycles. The molecule has 5 aliphatic rings. The lowest BCUT2D eigenvalue weighted by Gasteiger charge is -2.61. The van der Waals surface area contributed by atoms with Crippen LogP contribution in [-0.4, -0.2) is 27.2 Å². The number of fused-ring (bicyclic) bond motifs is 5. The van der Waals surface area contributed by atoms with E-state index in [1.165, 1.54) is 77.0 Å². The van der Waals surface area contributed by atoms with Gasteiger partial charge in [0.1, 0.15) is 0 Å². The largest absolute Gasteiger partial charge is 0.393 e. The monoisotopic (exact) mass is 460 g/mol. The van der Waals surface area contributed by atoms with Crippen LogP contribution in [0.25, 0.3) is 0 Å². The molecular weight excluding hydrogens is 408 g/mol. The molecule has 0 aromatic heterocycles. The van der Waals surface area contributed by atoms with Gasteiger partial charge in [-0.05, 0) is 123 Å². The summed E-state index contributed by atoms with van der Waals surface area (Å²) in [4.78, 5) is 0. The Morgan fingerprint density at radius 2 is 1.48 bits per heavy atom. The van der Waals surface area contributed by atoms with E-state index in [-0.39, 0.29) is 6.10 Å². The molecule has 0 heterocycles. The van der Waals surface area contributed by atoms with E-state index in [4.69, 9.17) is 0 Å². The van der Waals surface area contributed by atoms with Gasteiger partial charge in [-0.3, -0.25) is 0 Å². The van der Waals surface area contributed by atoms with Crippen molar-refractivity contribution in [1.82, 2.24) is 0 Å². The molecule has 9 atom stereocenters. The summed E-state index contributed by atoms with van der Waals surface area (Å²) in [6.07, 6.45) is 18.8. The predicted molar refractivity (Wildman–Crippen MR) is 133 cm³/mol. The fraction of sp³-hybridized carbons (Fsp3) is 1.00. The lowest BCUT2D eigenvalue weighted by molar-refractivity contribution is -0.233. The summed E-state index contributed by atoms with van der Waals surface area (Å²) in [5.41, 5.74) is 0.791. The highest BCUT2D eigenvalue weighted by atomic mass is 16.5. The standard InChI is InChI=1S/C30H52O3/c1-20(9-14-27(31)21-7-5-4-6-8-21)24-12-13-25-23-11-10-22-19-30(32,33)18-17-28(22,2)26(23)15-16-29(24,25)3/h20-27,31-33H,4-19H2,1-3H3/t20-,22+,23+,24-,25+,26+,27?,28+,29-/m1/s1. The first-order valence-corrected chi connectivity index (χ1v) is 14.8. The minimum atomic E-state index is -1.42. The Hall–Kier alpha value is -0.120. The Bertz CT molecular complexity index is 684. The molecule has 0 spiro atoms. The molecule has 0 aliphatic heterocycles. The SMILES string of the molecule is C[C@H](CCC(O)C1CCCCC1)[C@H]1CC[C@H]2[C@@H]3CC[C@H]4CC(O)(O)CC[C@]4(C)[C@H]3CC[C@]12C. The molecule has 0 aromatic carbocycles. The van der Waals surface area contributed by atoms with Gasteiger partial charge in [0.25, 0.3) is 0 Å². The Kier molecular flexibility index (Phi) is 6.76. The van der Waals surface area contributed by atoms with Crippen molar-refractivity contribution in [2.45, 2.75) is 135 Å². The first-order valence-electron chi connectivity index (χ1n) is 14.8. The molecular formula is C30H52O3. The van der Waals surface area contributed by atoms with Crippen LogP contribution in [-0.2, 0) is 0 Å². The Morgan fingerprint density at radius 3 is 2.24 bits per heavy atom. The summed E-state index contributed by atoms with van der Waals surface area (Å²) in [5, 5.41) is 31.5. The minimum Gasteiger partial charge on any atom is -0.393 e. The third-order valence-electron chi connectivity index (χ3n) is 12.6. The predicted octanol–water partition coefficient (Wildman–Crippen LogP) is 6.68. The van der Waals surface area contributed by atoms with Crippen LogP contribution in [0.4, 0.5) is 0 Å². The zero-order valence-electron chi connectivity index (χ0n) is 21.8. The van der Waals surface area contributed by atoms with Crippen LogP contribution in [0.5, 0.6) is 0 Å². The van der Waals surface area contributed by atoms with Crippen molar-refractivity contribution in [1.29, 1.82) is 0 Å².